The molecule has 0 saturated heterocycles. The summed E-state index contributed by atoms with van der Waals surface area (Å²) in [5.41, 5.74) is 5.79. The highest BCUT2D eigenvalue weighted by Crippen LogP contribution is 2.45. The molecule has 3 aromatic carbocycles. The Morgan fingerprint density at radius 2 is 1.78 bits per heavy atom. The highest BCUT2D eigenvalue weighted by molar-refractivity contribution is 14.1. The van der Waals surface area contributed by atoms with Gasteiger partial charge in [-0.25, -0.2) is 4.79 Å². The Kier molecular flexibility index (Phi) is 5.82. The third-order valence-electron chi connectivity index (χ3n) is 5.81. The first-order valence-corrected chi connectivity index (χ1v) is 11.6. The van der Waals surface area contributed by atoms with Crippen LogP contribution in [0.2, 0.25) is 0 Å². The second-order valence-electron chi connectivity index (χ2n) is 7.63. The molecule has 1 heterocycles. The Morgan fingerprint density at radius 3 is 2.47 bits per heavy atom. The SMILES string of the molecule is COc1cc(C(I)CNC(=O)OCC2c3ccccc3-c3ccccc32)cc2c1OCO2. The molecule has 0 aromatic heterocycles. The number of halogens is 1. The van der Waals surface area contributed by atoms with Crippen LogP contribution in [0.25, 0.3) is 11.1 Å². The molecule has 1 N–H and O–H groups in total. The molecule has 0 bridgehead atoms. The van der Waals surface area contributed by atoms with E-state index in [-0.39, 0.29) is 16.6 Å². The molecule has 1 aliphatic carbocycles. The minimum absolute atomic E-state index is 0.0106. The molecule has 2 aliphatic rings. The molecule has 164 valence electrons. The number of benzene rings is 3. The summed E-state index contributed by atoms with van der Waals surface area (Å²) in [7, 11) is 1.60. The molecule has 32 heavy (non-hydrogen) atoms. The fraction of sp³-hybridized carbons (Fsp3) is 0.240. The van der Waals surface area contributed by atoms with Crippen LogP contribution in [-0.4, -0.2) is 33.1 Å². The lowest BCUT2D eigenvalue weighted by Gasteiger charge is -2.16. The molecule has 1 atom stereocenters. The molecule has 6 nitrogen and oxygen atoms in total. The lowest BCUT2D eigenvalue weighted by Crippen LogP contribution is -2.28. The third kappa shape index (κ3) is 3.85. The van der Waals surface area contributed by atoms with Crippen molar-refractivity contribution in [2.45, 2.75) is 9.84 Å². The van der Waals surface area contributed by atoms with Gasteiger partial charge in [0.1, 0.15) is 6.61 Å². The Morgan fingerprint density at radius 1 is 1.09 bits per heavy atom. The van der Waals surface area contributed by atoms with Gasteiger partial charge in [-0.05, 0) is 39.9 Å². The van der Waals surface area contributed by atoms with Crippen molar-refractivity contribution >= 4 is 28.7 Å². The zero-order chi connectivity index (χ0) is 22.1. The van der Waals surface area contributed by atoms with Crippen molar-refractivity contribution < 1.29 is 23.7 Å². The molecular formula is C25H22INO5. The van der Waals surface area contributed by atoms with Crippen molar-refractivity contribution in [2.75, 3.05) is 27.1 Å². The van der Waals surface area contributed by atoms with Crippen molar-refractivity contribution in [3.63, 3.8) is 0 Å². The molecule has 1 unspecified atom stereocenters. The molecule has 5 rings (SSSR count). The lowest BCUT2D eigenvalue weighted by molar-refractivity contribution is 0.143. The van der Waals surface area contributed by atoms with Crippen molar-refractivity contribution in [3.05, 3.63) is 77.4 Å². The monoisotopic (exact) mass is 543 g/mol. The number of rotatable bonds is 6. The van der Waals surface area contributed by atoms with E-state index in [0.29, 0.717) is 30.4 Å². The van der Waals surface area contributed by atoms with E-state index in [1.165, 1.54) is 22.3 Å². The number of ether oxygens (including phenoxy) is 4. The van der Waals surface area contributed by atoms with Gasteiger partial charge in [0.2, 0.25) is 12.5 Å². The summed E-state index contributed by atoms with van der Waals surface area (Å²) in [5, 5.41) is 2.88. The molecule has 0 spiro atoms. The van der Waals surface area contributed by atoms with Crippen molar-refractivity contribution in [1.29, 1.82) is 0 Å². The van der Waals surface area contributed by atoms with Crippen LogP contribution in [0.5, 0.6) is 17.2 Å². The molecule has 1 aliphatic heterocycles. The van der Waals surface area contributed by atoms with Crippen LogP contribution in [0.15, 0.2) is 60.7 Å². The fourth-order valence-corrected chi connectivity index (χ4v) is 4.85. The van der Waals surface area contributed by atoms with E-state index < -0.39 is 6.09 Å². The van der Waals surface area contributed by atoms with Crippen LogP contribution in [0.1, 0.15) is 26.5 Å². The lowest BCUT2D eigenvalue weighted by atomic mass is 9.98. The number of hydrogen-bond acceptors (Lipinski definition) is 5. The number of carbonyl (C=O) groups excluding carboxylic acids is 1. The summed E-state index contributed by atoms with van der Waals surface area (Å²) in [6.07, 6.45) is -0.429. The minimum Gasteiger partial charge on any atom is -0.493 e. The van der Waals surface area contributed by atoms with Crippen LogP contribution < -0.4 is 19.5 Å². The topological polar surface area (TPSA) is 66.0 Å². The number of hydrogen-bond donors (Lipinski definition) is 1. The maximum Gasteiger partial charge on any atom is 0.407 e. The van der Waals surface area contributed by atoms with Crippen LogP contribution in [0.3, 0.4) is 0 Å². The molecule has 0 radical (unpaired) electrons. The van der Waals surface area contributed by atoms with Crippen molar-refractivity contribution in [3.8, 4) is 28.4 Å². The van der Waals surface area contributed by atoms with Crippen molar-refractivity contribution in [2.24, 2.45) is 0 Å². The van der Waals surface area contributed by atoms with Gasteiger partial charge in [0, 0.05) is 12.5 Å². The Labute approximate surface area is 200 Å². The number of alkyl carbamates (subject to hydrolysis) is 1. The van der Waals surface area contributed by atoms with Crippen LogP contribution in [-0.2, 0) is 4.74 Å². The zero-order valence-corrected chi connectivity index (χ0v) is 19.6. The summed E-state index contributed by atoms with van der Waals surface area (Å²) in [6.45, 7) is 0.892. The predicted molar refractivity (Wildman–Crippen MR) is 129 cm³/mol. The van der Waals surface area contributed by atoms with Gasteiger partial charge in [-0.1, -0.05) is 71.1 Å². The summed E-state index contributed by atoms with van der Waals surface area (Å²) < 4.78 is 22.0. The summed E-state index contributed by atoms with van der Waals surface area (Å²) in [5.74, 6) is 1.94. The van der Waals surface area contributed by atoms with Gasteiger partial charge >= 0.3 is 6.09 Å². The average molecular weight is 543 g/mol. The first-order chi connectivity index (χ1) is 15.7. The summed E-state index contributed by atoms with van der Waals surface area (Å²) in [4.78, 5) is 12.5. The molecule has 3 aromatic rings. The van der Waals surface area contributed by atoms with E-state index in [0.717, 1.165) is 5.56 Å². The maximum absolute atomic E-state index is 12.5. The molecule has 0 saturated carbocycles. The molecule has 0 fully saturated rings. The molecular weight excluding hydrogens is 521 g/mol. The van der Waals surface area contributed by atoms with Gasteiger partial charge in [-0.2, -0.15) is 0 Å². The predicted octanol–water partition coefficient (Wildman–Crippen LogP) is 5.44. The smallest absolute Gasteiger partial charge is 0.407 e. The van der Waals surface area contributed by atoms with E-state index in [1.807, 2.05) is 36.4 Å². The zero-order valence-electron chi connectivity index (χ0n) is 17.5. The quantitative estimate of drug-likeness (QED) is 0.332. The van der Waals surface area contributed by atoms with Gasteiger partial charge < -0.3 is 24.3 Å². The largest absolute Gasteiger partial charge is 0.493 e. The normalized spacial score (nSPS) is 14.4. The fourth-order valence-electron chi connectivity index (χ4n) is 4.27. The Hall–Kier alpha value is -2.94. The van der Waals surface area contributed by atoms with Gasteiger partial charge in [0.15, 0.2) is 11.5 Å². The van der Waals surface area contributed by atoms with E-state index in [1.54, 1.807) is 7.11 Å². The maximum atomic E-state index is 12.5. The van der Waals surface area contributed by atoms with Crippen molar-refractivity contribution in [1.82, 2.24) is 5.32 Å². The summed E-state index contributed by atoms with van der Waals surface area (Å²) in [6, 6.07) is 20.4. The minimum atomic E-state index is -0.429. The van der Waals surface area contributed by atoms with E-state index in [2.05, 4.69) is 52.2 Å². The molecule has 7 heteroatoms. The second kappa shape index (κ2) is 8.90. The van der Waals surface area contributed by atoms with Crippen LogP contribution in [0.4, 0.5) is 4.79 Å². The number of alkyl halides is 1. The first kappa shape index (κ1) is 20.9. The highest BCUT2D eigenvalue weighted by atomic mass is 127. The number of methoxy groups -OCH3 is 1. The second-order valence-corrected chi connectivity index (χ2v) is 9.13. The summed E-state index contributed by atoms with van der Waals surface area (Å²) >= 11 is 2.28. The highest BCUT2D eigenvalue weighted by Gasteiger charge is 2.29. The number of amides is 1. The Balaban J connectivity index is 1.21. The van der Waals surface area contributed by atoms with E-state index in [9.17, 15) is 4.79 Å². The number of carbonyl (C=O) groups is 1. The Bertz CT molecular complexity index is 1120. The molecule has 1 amide bonds. The standard InChI is InChI=1S/C25H22INO5/c1-29-22-10-15(11-23-24(22)32-14-31-23)21(26)12-27-25(28)30-13-20-18-8-4-2-6-16(18)17-7-3-5-9-19(17)20/h2-11,20-21H,12-14H2,1H3,(H,27,28). The van der Waals surface area contributed by atoms with Crippen LogP contribution in [0, 0.1) is 0 Å². The van der Waals surface area contributed by atoms with Gasteiger partial charge in [0.05, 0.1) is 11.0 Å². The van der Waals surface area contributed by atoms with Crippen LogP contribution >= 0.6 is 22.6 Å². The van der Waals surface area contributed by atoms with Gasteiger partial charge in [0.25, 0.3) is 0 Å². The number of fused-ring (bicyclic) bond motifs is 4. The van der Waals surface area contributed by atoms with Gasteiger partial charge in [-0.3, -0.25) is 0 Å². The third-order valence-corrected chi connectivity index (χ3v) is 6.97. The van der Waals surface area contributed by atoms with E-state index in [4.69, 9.17) is 18.9 Å². The van der Waals surface area contributed by atoms with E-state index >= 15 is 0 Å². The first-order valence-electron chi connectivity index (χ1n) is 10.4. The number of nitrogens with one attached hydrogen (secondary N) is 1. The van der Waals surface area contributed by atoms with Gasteiger partial charge in [-0.15, -0.1) is 0 Å². The average Bonchev–Trinajstić information content (AvgIpc) is 3.43.